The fourth-order valence-electron chi connectivity index (χ4n) is 1.89. The van der Waals surface area contributed by atoms with Gasteiger partial charge in [-0.25, -0.2) is 8.78 Å². The zero-order valence-corrected chi connectivity index (χ0v) is 10.6. The summed E-state index contributed by atoms with van der Waals surface area (Å²) in [4.78, 5) is 11.1. The number of hydrogen-bond donors (Lipinski definition) is 0. The van der Waals surface area contributed by atoms with Gasteiger partial charge in [0.05, 0.1) is 0 Å². The van der Waals surface area contributed by atoms with Crippen LogP contribution in [-0.2, 0) is 6.42 Å². The van der Waals surface area contributed by atoms with Crippen LogP contribution in [0.3, 0.4) is 0 Å². The monoisotopic (exact) mass is 260 g/mol. The molecule has 0 unspecified atom stereocenters. The number of carbonyl (C=O) groups excluding carboxylic acids is 1. The van der Waals surface area contributed by atoms with Crippen molar-refractivity contribution in [3.63, 3.8) is 0 Å². The molecule has 3 heteroatoms. The number of carbonyl (C=O) groups is 1. The maximum absolute atomic E-state index is 12.3. The van der Waals surface area contributed by atoms with Gasteiger partial charge in [-0.15, -0.1) is 0 Å². The van der Waals surface area contributed by atoms with Gasteiger partial charge in [0.1, 0.15) is 0 Å². The van der Waals surface area contributed by atoms with Crippen LogP contribution in [0.2, 0.25) is 0 Å². The molecule has 0 saturated heterocycles. The van der Waals surface area contributed by atoms with E-state index in [1.807, 2.05) is 24.3 Å². The molecule has 0 amide bonds. The third-order valence-corrected chi connectivity index (χ3v) is 3.06. The van der Waals surface area contributed by atoms with E-state index in [0.29, 0.717) is 0 Å². The van der Waals surface area contributed by atoms with Crippen LogP contribution >= 0.6 is 0 Å². The Labute approximate surface area is 110 Å². The van der Waals surface area contributed by atoms with Gasteiger partial charge in [-0.2, -0.15) is 0 Å². The summed E-state index contributed by atoms with van der Waals surface area (Å²) in [5.74, 6) is -1.13. The molecule has 2 aromatic rings. The summed E-state index contributed by atoms with van der Waals surface area (Å²) in [6.45, 7) is 2.08. The Kier molecular flexibility index (Phi) is 4.05. The second kappa shape index (κ2) is 5.74. The summed E-state index contributed by atoms with van der Waals surface area (Å²) < 4.78 is 24.5. The van der Waals surface area contributed by atoms with Gasteiger partial charge in [0.2, 0.25) is 5.78 Å². The number of aryl methyl sites for hydroxylation is 1. The molecule has 0 aliphatic carbocycles. The molecule has 2 rings (SSSR count). The van der Waals surface area contributed by atoms with Crippen molar-refractivity contribution in [2.24, 2.45) is 0 Å². The molecule has 2 aromatic carbocycles. The fourth-order valence-corrected chi connectivity index (χ4v) is 1.89. The summed E-state index contributed by atoms with van der Waals surface area (Å²) in [5.41, 5.74) is 3.21. The number of ketones is 1. The Balaban J connectivity index is 2.24. The summed E-state index contributed by atoms with van der Waals surface area (Å²) in [5, 5.41) is 0. The van der Waals surface area contributed by atoms with Crippen LogP contribution in [0.5, 0.6) is 0 Å². The first kappa shape index (κ1) is 13.4. The van der Waals surface area contributed by atoms with Crippen molar-refractivity contribution in [2.75, 3.05) is 0 Å². The van der Waals surface area contributed by atoms with E-state index < -0.39 is 12.2 Å². The van der Waals surface area contributed by atoms with Crippen LogP contribution in [0, 0.1) is 0 Å². The summed E-state index contributed by atoms with van der Waals surface area (Å²) in [7, 11) is 0. The van der Waals surface area contributed by atoms with E-state index in [9.17, 15) is 13.6 Å². The largest absolute Gasteiger partial charge is 0.300 e. The molecule has 0 fully saturated rings. The van der Waals surface area contributed by atoms with Crippen LogP contribution in [0.1, 0.15) is 22.8 Å². The Hall–Kier alpha value is -2.03. The number of rotatable bonds is 4. The summed E-state index contributed by atoms with van der Waals surface area (Å²) in [6, 6.07) is 14.3. The first-order valence-electron chi connectivity index (χ1n) is 6.13. The minimum absolute atomic E-state index is 0.0453. The van der Waals surface area contributed by atoms with Gasteiger partial charge in [-0.05, 0) is 23.1 Å². The van der Waals surface area contributed by atoms with Crippen LogP contribution in [-0.4, -0.2) is 12.2 Å². The summed E-state index contributed by atoms with van der Waals surface area (Å²) in [6.07, 6.45) is -1.98. The van der Waals surface area contributed by atoms with Crippen LogP contribution in [0.4, 0.5) is 8.78 Å². The molecule has 19 heavy (non-hydrogen) atoms. The first-order chi connectivity index (χ1) is 9.11. The third-order valence-electron chi connectivity index (χ3n) is 3.06. The Morgan fingerprint density at radius 2 is 1.42 bits per heavy atom. The van der Waals surface area contributed by atoms with Crippen LogP contribution in [0.25, 0.3) is 11.1 Å². The van der Waals surface area contributed by atoms with E-state index in [2.05, 4.69) is 6.92 Å². The highest BCUT2D eigenvalue weighted by Crippen LogP contribution is 2.21. The predicted molar refractivity (Wildman–Crippen MR) is 71.6 cm³/mol. The fraction of sp³-hybridized carbons (Fsp3) is 0.188. The van der Waals surface area contributed by atoms with E-state index in [4.69, 9.17) is 0 Å². The molecule has 0 radical (unpaired) electrons. The number of halogens is 2. The SMILES string of the molecule is CCc1ccc(-c2ccc(C(=O)C(F)F)cc2)cc1. The van der Waals surface area contributed by atoms with Crippen LogP contribution in [0.15, 0.2) is 48.5 Å². The molecule has 0 spiro atoms. The predicted octanol–water partition coefficient (Wildman–Crippen LogP) is 4.36. The van der Waals surface area contributed by atoms with Gasteiger partial charge in [0, 0.05) is 5.56 Å². The van der Waals surface area contributed by atoms with Gasteiger partial charge in [-0.1, -0.05) is 55.5 Å². The second-order valence-corrected chi connectivity index (χ2v) is 4.29. The lowest BCUT2D eigenvalue weighted by molar-refractivity contribution is 0.0679. The molecule has 0 bridgehead atoms. The average molecular weight is 260 g/mol. The zero-order chi connectivity index (χ0) is 13.8. The Morgan fingerprint density at radius 3 is 1.84 bits per heavy atom. The van der Waals surface area contributed by atoms with Crippen molar-refractivity contribution in [3.8, 4) is 11.1 Å². The topological polar surface area (TPSA) is 17.1 Å². The van der Waals surface area contributed by atoms with E-state index in [0.717, 1.165) is 17.5 Å². The lowest BCUT2D eigenvalue weighted by atomic mass is 10.0. The van der Waals surface area contributed by atoms with Crippen molar-refractivity contribution in [1.29, 1.82) is 0 Å². The number of benzene rings is 2. The van der Waals surface area contributed by atoms with Gasteiger partial charge < -0.3 is 0 Å². The van der Waals surface area contributed by atoms with Crippen molar-refractivity contribution in [2.45, 2.75) is 19.8 Å². The molecule has 0 aliphatic heterocycles. The maximum Gasteiger partial charge on any atom is 0.300 e. The number of hydrogen-bond acceptors (Lipinski definition) is 1. The van der Waals surface area contributed by atoms with Crippen LogP contribution < -0.4 is 0 Å². The molecule has 0 N–H and O–H groups in total. The van der Waals surface area contributed by atoms with E-state index in [1.54, 1.807) is 12.1 Å². The van der Waals surface area contributed by atoms with Crippen molar-refractivity contribution in [3.05, 3.63) is 59.7 Å². The molecule has 0 atom stereocenters. The summed E-state index contributed by atoms with van der Waals surface area (Å²) >= 11 is 0. The van der Waals surface area contributed by atoms with E-state index in [-0.39, 0.29) is 5.56 Å². The second-order valence-electron chi connectivity index (χ2n) is 4.29. The van der Waals surface area contributed by atoms with Gasteiger partial charge in [0.25, 0.3) is 0 Å². The highest BCUT2D eigenvalue weighted by Gasteiger charge is 2.17. The molecule has 0 saturated carbocycles. The Morgan fingerprint density at radius 1 is 0.947 bits per heavy atom. The molecule has 0 aliphatic rings. The van der Waals surface area contributed by atoms with Crippen molar-refractivity contribution < 1.29 is 13.6 Å². The van der Waals surface area contributed by atoms with E-state index >= 15 is 0 Å². The lowest BCUT2D eigenvalue weighted by Crippen LogP contribution is -2.09. The maximum atomic E-state index is 12.3. The average Bonchev–Trinajstić information content (AvgIpc) is 2.46. The molecule has 0 aromatic heterocycles. The highest BCUT2D eigenvalue weighted by atomic mass is 19.3. The Bertz CT molecular complexity index is 556. The molecule has 1 nitrogen and oxygen atoms in total. The normalized spacial score (nSPS) is 10.7. The quantitative estimate of drug-likeness (QED) is 0.746. The zero-order valence-electron chi connectivity index (χ0n) is 10.6. The minimum atomic E-state index is -2.95. The van der Waals surface area contributed by atoms with E-state index in [1.165, 1.54) is 17.7 Å². The smallest absolute Gasteiger partial charge is 0.288 e. The number of alkyl halides is 2. The standard InChI is InChI=1S/C16H14F2O/c1-2-11-3-5-12(6-4-11)13-7-9-14(10-8-13)15(19)16(17)18/h3-10,16H,2H2,1H3. The number of Topliss-reactive ketones (excluding diaryl/α,β-unsaturated/α-hetero) is 1. The van der Waals surface area contributed by atoms with Gasteiger partial charge >= 0.3 is 6.43 Å². The van der Waals surface area contributed by atoms with Crippen molar-refractivity contribution in [1.82, 2.24) is 0 Å². The van der Waals surface area contributed by atoms with Gasteiger partial charge in [0.15, 0.2) is 0 Å². The highest BCUT2D eigenvalue weighted by molar-refractivity contribution is 5.98. The van der Waals surface area contributed by atoms with Crippen molar-refractivity contribution >= 4 is 5.78 Å². The molecule has 98 valence electrons. The van der Waals surface area contributed by atoms with Gasteiger partial charge in [-0.3, -0.25) is 4.79 Å². The first-order valence-corrected chi connectivity index (χ1v) is 6.13. The molecular weight excluding hydrogens is 246 g/mol. The third kappa shape index (κ3) is 3.05. The molecule has 0 heterocycles. The molecular formula is C16H14F2O. The lowest BCUT2D eigenvalue weighted by Gasteiger charge is -2.05. The minimum Gasteiger partial charge on any atom is -0.288 e.